The number of hydrogen-bond acceptors (Lipinski definition) is 4. The first-order valence-corrected chi connectivity index (χ1v) is 7.87. The van der Waals surface area contributed by atoms with Gasteiger partial charge < -0.3 is 0 Å². The van der Waals surface area contributed by atoms with E-state index in [1.807, 2.05) is 48.5 Å². The number of hydrazine groups is 2. The second kappa shape index (κ2) is 5.43. The van der Waals surface area contributed by atoms with Crippen LogP contribution in [-0.2, 0) is 9.59 Å². The lowest BCUT2D eigenvalue weighted by molar-refractivity contribution is -0.137. The van der Waals surface area contributed by atoms with Gasteiger partial charge >= 0.3 is 0 Å². The number of rotatable bonds is 2. The summed E-state index contributed by atoms with van der Waals surface area (Å²) < 4.78 is 0. The van der Waals surface area contributed by atoms with Gasteiger partial charge in [-0.2, -0.15) is 0 Å². The average Bonchev–Trinajstić information content (AvgIpc) is 2.66. The summed E-state index contributed by atoms with van der Waals surface area (Å²) >= 11 is 0. The van der Waals surface area contributed by atoms with E-state index in [-0.39, 0.29) is 23.7 Å². The lowest BCUT2D eigenvalue weighted by Crippen LogP contribution is -2.54. The van der Waals surface area contributed by atoms with Crippen LogP contribution in [0.4, 0.5) is 0 Å². The number of nitrogens with two attached hydrogens (primary N) is 2. The van der Waals surface area contributed by atoms with Crippen LogP contribution in [0.5, 0.6) is 0 Å². The van der Waals surface area contributed by atoms with Gasteiger partial charge in [0.1, 0.15) is 0 Å². The molecule has 6 N–H and O–H groups in total. The molecule has 5 rings (SSSR count). The SMILES string of the molecule is NNC(=O)[C@@H]1C2c3ccccc3C(c3ccccc32)[C@@H]1C(=O)NN. The largest absolute Gasteiger partial charge is 0.294 e. The predicted molar refractivity (Wildman–Crippen MR) is 88.2 cm³/mol. The van der Waals surface area contributed by atoms with Crippen molar-refractivity contribution in [2.24, 2.45) is 23.5 Å². The standard InChI is InChI=1S/C18H18N4O2/c19-21-17(23)15-13-9-5-1-2-6-10(9)14(16(15)18(24)22-20)12-8-4-3-7-11(12)13/h1-8,13-16H,19-20H2,(H,21,23)(H,22,24)/t13?,14?,15-,16+. The first-order valence-electron chi connectivity index (χ1n) is 7.87. The van der Waals surface area contributed by atoms with Gasteiger partial charge in [-0.05, 0) is 22.3 Å². The lowest BCUT2D eigenvalue weighted by Gasteiger charge is -2.48. The smallest absolute Gasteiger partial charge is 0.238 e. The Bertz CT molecular complexity index is 720. The zero-order valence-electron chi connectivity index (χ0n) is 12.9. The molecule has 6 nitrogen and oxygen atoms in total. The molecule has 6 heteroatoms. The van der Waals surface area contributed by atoms with Gasteiger partial charge in [0.2, 0.25) is 11.8 Å². The van der Waals surface area contributed by atoms with Crippen molar-refractivity contribution in [3.05, 3.63) is 70.8 Å². The van der Waals surface area contributed by atoms with Crippen molar-refractivity contribution in [3.63, 3.8) is 0 Å². The highest BCUT2D eigenvalue weighted by Gasteiger charge is 2.54. The molecule has 122 valence electrons. The molecule has 0 unspecified atom stereocenters. The highest BCUT2D eigenvalue weighted by atomic mass is 16.2. The molecule has 0 aromatic heterocycles. The first kappa shape index (κ1) is 14.9. The van der Waals surface area contributed by atoms with Gasteiger partial charge in [0, 0.05) is 11.8 Å². The van der Waals surface area contributed by atoms with E-state index in [0.717, 1.165) is 22.3 Å². The summed E-state index contributed by atoms with van der Waals surface area (Å²) in [5.74, 6) is 8.53. The van der Waals surface area contributed by atoms with E-state index in [1.54, 1.807) is 0 Å². The third kappa shape index (κ3) is 1.84. The summed E-state index contributed by atoms with van der Waals surface area (Å²) in [6.45, 7) is 0. The molecule has 2 aromatic carbocycles. The Morgan fingerprint density at radius 3 is 1.21 bits per heavy atom. The molecule has 3 aliphatic rings. The fourth-order valence-electron chi connectivity index (χ4n) is 4.50. The number of amides is 2. The molecule has 0 radical (unpaired) electrons. The van der Waals surface area contributed by atoms with Crippen LogP contribution >= 0.6 is 0 Å². The van der Waals surface area contributed by atoms with Crippen molar-refractivity contribution in [1.82, 2.24) is 10.9 Å². The van der Waals surface area contributed by atoms with E-state index >= 15 is 0 Å². The molecule has 0 heterocycles. The Morgan fingerprint density at radius 2 is 0.958 bits per heavy atom. The van der Waals surface area contributed by atoms with Crippen LogP contribution in [0.1, 0.15) is 34.1 Å². The van der Waals surface area contributed by atoms with Crippen LogP contribution in [0.3, 0.4) is 0 Å². The van der Waals surface area contributed by atoms with E-state index in [4.69, 9.17) is 11.7 Å². The van der Waals surface area contributed by atoms with Gasteiger partial charge in [0.05, 0.1) is 11.8 Å². The van der Waals surface area contributed by atoms with E-state index in [9.17, 15) is 9.59 Å². The van der Waals surface area contributed by atoms with Gasteiger partial charge in [-0.3, -0.25) is 20.4 Å². The van der Waals surface area contributed by atoms with Crippen LogP contribution in [0.15, 0.2) is 48.5 Å². The van der Waals surface area contributed by atoms with Gasteiger partial charge in [0.15, 0.2) is 0 Å². The third-order valence-electron chi connectivity index (χ3n) is 5.33. The highest BCUT2D eigenvalue weighted by molar-refractivity contribution is 5.92. The first-order chi connectivity index (χ1) is 11.7. The van der Waals surface area contributed by atoms with E-state index in [0.29, 0.717) is 0 Å². The second-order valence-corrected chi connectivity index (χ2v) is 6.28. The summed E-state index contributed by atoms with van der Waals surface area (Å²) in [5, 5.41) is 0. The molecule has 2 bridgehead atoms. The topological polar surface area (TPSA) is 110 Å². The van der Waals surface area contributed by atoms with Crippen LogP contribution in [0.2, 0.25) is 0 Å². The summed E-state index contributed by atoms with van der Waals surface area (Å²) in [6.07, 6.45) is 0. The normalized spacial score (nSPS) is 26.2. The maximum absolute atomic E-state index is 12.6. The minimum Gasteiger partial charge on any atom is -0.294 e. The second-order valence-electron chi connectivity index (χ2n) is 6.28. The molecule has 0 saturated heterocycles. The van der Waals surface area contributed by atoms with Gasteiger partial charge in [0.25, 0.3) is 0 Å². The van der Waals surface area contributed by atoms with Crippen LogP contribution in [0, 0.1) is 11.8 Å². The van der Waals surface area contributed by atoms with E-state index in [2.05, 4.69) is 10.9 Å². The number of carbonyl (C=O) groups excluding carboxylic acids is 2. The third-order valence-corrected chi connectivity index (χ3v) is 5.33. The maximum atomic E-state index is 12.6. The van der Waals surface area contributed by atoms with Crippen LogP contribution in [0.25, 0.3) is 0 Å². The van der Waals surface area contributed by atoms with Crippen molar-refractivity contribution < 1.29 is 9.59 Å². The van der Waals surface area contributed by atoms with Crippen molar-refractivity contribution in [2.75, 3.05) is 0 Å². The number of nitrogens with one attached hydrogen (secondary N) is 2. The lowest BCUT2D eigenvalue weighted by atomic mass is 9.54. The molecule has 2 atom stereocenters. The minimum atomic E-state index is -0.589. The van der Waals surface area contributed by atoms with Crippen LogP contribution in [-0.4, -0.2) is 11.8 Å². The zero-order valence-corrected chi connectivity index (χ0v) is 12.9. The fraction of sp³-hybridized carbons (Fsp3) is 0.222. The fourth-order valence-corrected chi connectivity index (χ4v) is 4.50. The molecule has 2 amide bonds. The summed E-state index contributed by atoms with van der Waals surface area (Å²) in [4.78, 5) is 25.1. The molecule has 3 aliphatic carbocycles. The number of hydrogen-bond donors (Lipinski definition) is 4. The Kier molecular flexibility index (Phi) is 3.37. The summed E-state index contributed by atoms with van der Waals surface area (Å²) in [5.41, 5.74) is 8.78. The quantitative estimate of drug-likeness (QED) is 0.366. The summed E-state index contributed by atoms with van der Waals surface area (Å²) in [6, 6.07) is 15.9. The molecule has 0 saturated carbocycles. The molecule has 0 fully saturated rings. The Morgan fingerprint density at radius 1 is 0.667 bits per heavy atom. The number of carbonyl (C=O) groups is 2. The molecular weight excluding hydrogens is 304 g/mol. The zero-order chi connectivity index (χ0) is 16.8. The molecular formula is C18H18N4O2. The van der Waals surface area contributed by atoms with Crippen molar-refractivity contribution >= 4 is 11.8 Å². The Hall–Kier alpha value is -2.70. The van der Waals surface area contributed by atoms with Gasteiger partial charge in [-0.25, -0.2) is 11.7 Å². The van der Waals surface area contributed by atoms with Crippen molar-refractivity contribution in [1.29, 1.82) is 0 Å². The highest BCUT2D eigenvalue weighted by Crippen LogP contribution is 2.58. The van der Waals surface area contributed by atoms with Gasteiger partial charge in [-0.15, -0.1) is 0 Å². The van der Waals surface area contributed by atoms with E-state index < -0.39 is 11.8 Å². The minimum absolute atomic E-state index is 0.215. The average molecular weight is 322 g/mol. The van der Waals surface area contributed by atoms with E-state index in [1.165, 1.54) is 0 Å². The van der Waals surface area contributed by atoms with Crippen molar-refractivity contribution in [2.45, 2.75) is 11.8 Å². The molecule has 0 aliphatic heterocycles. The Labute approximate surface area is 139 Å². The molecule has 24 heavy (non-hydrogen) atoms. The maximum Gasteiger partial charge on any atom is 0.238 e. The monoisotopic (exact) mass is 322 g/mol. The van der Waals surface area contributed by atoms with Gasteiger partial charge in [-0.1, -0.05) is 48.5 Å². The predicted octanol–water partition coefficient (Wildman–Crippen LogP) is 0.490. The summed E-state index contributed by atoms with van der Waals surface area (Å²) in [7, 11) is 0. The Balaban J connectivity index is 2.02. The van der Waals surface area contributed by atoms with Crippen molar-refractivity contribution in [3.8, 4) is 0 Å². The molecule has 0 spiro atoms. The molecule has 2 aromatic rings. The number of fused-ring (bicyclic) bond motifs is 1. The number of benzene rings is 2. The van der Waals surface area contributed by atoms with Crippen LogP contribution < -0.4 is 22.5 Å².